The van der Waals surface area contributed by atoms with Crippen LogP contribution in [0.3, 0.4) is 0 Å². The Morgan fingerprint density at radius 3 is 2.62 bits per heavy atom. The second-order valence-corrected chi connectivity index (χ2v) is 4.40. The molecule has 1 heterocycles. The van der Waals surface area contributed by atoms with Crippen LogP contribution in [0.4, 0.5) is 0 Å². The average Bonchev–Trinajstić information content (AvgIpc) is 2.63. The van der Waals surface area contributed by atoms with Crippen molar-refractivity contribution >= 4 is 11.6 Å². The number of nitrogens with two attached hydrogens (primary N) is 1. The Morgan fingerprint density at radius 2 is 2.23 bits per heavy atom. The molecule has 0 aliphatic heterocycles. The molecule has 0 unspecified atom stereocenters. The summed E-state index contributed by atoms with van der Waals surface area (Å²) in [7, 11) is 0. The highest BCUT2D eigenvalue weighted by molar-refractivity contribution is 6.30. The summed E-state index contributed by atoms with van der Waals surface area (Å²) in [5.41, 5.74) is 6.87. The summed E-state index contributed by atoms with van der Waals surface area (Å²) in [4.78, 5) is 0. The van der Waals surface area contributed by atoms with E-state index < -0.39 is 0 Å². The van der Waals surface area contributed by atoms with Crippen molar-refractivity contribution in [2.75, 3.05) is 0 Å². The number of rotatable bonds is 2. The van der Waals surface area contributed by atoms with Gasteiger partial charge in [0, 0.05) is 17.1 Å². The van der Waals surface area contributed by atoms with E-state index in [9.17, 15) is 0 Å². The van der Waals surface area contributed by atoms with Crippen LogP contribution < -0.4 is 5.73 Å². The predicted octanol–water partition coefficient (Wildman–Crippen LogP) is 2.07. The second-order valence-electron chi connectivity index (χ2n) is 4.04. The van der Waals surface area contributed by atoms with Gasteiger partial charge in [-0.2, -0.15) is 5.10 Å². The van der Waals surface area contributed by atoms with Crippen molar-refractivity contribution in [2.24, 2.45) is 5.73 Å². The minimum Gasteiger partial charge on any atom is -0.321 e. The Bertz CT molecular complexity index is 326. The summed E-state index contributed by atoms with van der Waals surface area (Å²) in [6.45, 7) is 4.11. The van der Waals surface area contributed by atoms with Gasteiger partial charge in [0.25, 0.3) is 0 Å². The molecule has 0 amide bonds. The molecule has 0 spiro atoms. The summed E-state index contributed by atoms with van der Waals surface area (Å²) in [5.74, 6) is 0. The van der Waals surface area contributed by atoms with E-state index in [0.717, 1.165) is 18.4 Å². The maximum Gasteiger partial charge on any atom is 0.132 e. The fraction of sp³-hybridized carbons (Fsp3) is 0.667. The standard InChI is InChI=1S/C9H14ClN3/c1-6(2)13-8(10)7(5-12-13)9(11)3-4-9/h5-6H,3-4,11H2,1-2H3. The van der Waals surface area contributed by atoms with Gasteiger partial charge in [0.2, 0.25) is 0 Å². The lowest BCUT2D eigenvalue weighted by molar-refractivity contribution is 0.532. The first kappa shape index (κ1) is 9.03. The first-order valence-corrected chi connectivity index (χ1v) is 4.95. The Labute approximate surface area is 82.9 Å². The van der Waals surface area contributed by atoms with Crippen LogP contribution in [0.25, 0.3) is 0 Å². The lowest BCUT2D eigenvalue weighted by Gasteiger charge is -2.09. The van der Waals surface area contributed by atoms with Gasteiger partial charge in [0.1, 0.15) is 5.15 Å². The summed E-state index contributed by atoms with van der Waals surface area (Å²) in [5, 5.41) is 4.93. The van der Waals surface area contributed by atoms with Gasteiger partial charge in [-0.05, 0) is 26.7 Å². The number of hydrogen-bond acceptors (Lipinski definition) is 2. The van der Waals surface area contributed by atoms with Gasteiger partial charge in [0.05, 0.1) is 6.20 Å². The molecule has 0 bridgehead atoms. The molecule has 2 rings (SSSR count). The van der Waals surface area contributed by atoms with E-state index in [4.69, 9.17) is 17.3 Å². The smallest absolute Gasteiger partial charge is 0.132 e. The molecule has 1 saturated carbocycles. The normalized spacial score (nSPS) is 19.5. The first-order chi connectivity index (χ1) is 6.04. The predicted molar refractivity (Wildman–Crippen MR) is 52.7 cm³/mol. The molecule has 2 N–H and O–H groups in total. The van der Waals surface area contributed by atoms with E-state index in [0.29, 0.717) is 11.2 Å². The number of halogens is 1. The molecule has 0 atom stereocenters. The molecule has 4 heteroatoms. The third-order valence-electron chi connectivity index (χ3n) is 2.55. The fourth-order valence-electron chi connectivity index (χ4n) is 1.45. The molecule has 3 nitrogen and oxygen atoms in total. The maximum absolute atomic E-state index is 6.16. The molecule has 1 fully saturated rings. The molecule has 0 saturated heterocycles. The second kappa shape index (κ2) is 2.72. The Morgan fingerprint density at radius 1 is 1.62 bits per heavy atom. The van der Waals surface area contributed by atoms with Crippen LogP contribution >= 0.6 is 11.6 Å². The van der Waals surface area contributed by atoms with Gasteiger partial charge in [-0.1, -0.05) is 11.6 Å². The zero-order valence-electron chi connectivity index (χ0n) is 7.92. The lowest BCUT2D eigenvalue weighted by Crippen LogP contribution is -2.18. The third kappa shape index (κ3) is 1.36. The largest absolute Gasteiger partial charge is 0.321 e. The molecule has 1 aliphatic carbocycles. The van der Waals surface area contributed by atoms with Crippen LogP contribution in [0.2, 0.25) is 5.15 Å². The van der Waals surface area contributed by atoms with Gasteiger partial charge in [-0.3, -0.25) is 4.68 Å². The van der Waals surface area contributed by atoms with Crippen LogP contribution in [-0.2, 0) is 5.54 Å². The first-order valence-electron chi connectivity index (χ1n) is 4.57. The van der Waals surface area contributed by atoms with Crippen LogP contribution in [0.1, 0.15) is 38.3 Å². The van der Waals surface area contributed by atoms with Crippen LogP contribution in [-0.4, -0.2) is 9.78 Å². The van der Waals surface area contributed by atoms with Crippen molar-refractivity contribution < 1.29 is 0 Å². The number of aromatic nitrogens is 2. The van der Waals surface area contributed by atoms with Gasteiger partial charge in [-0.25, -0.2) is 0 Å². The Kier molecular flexibility index (Phi) is 1.89. The molecule has 72 valence electrons. The highest BCUT2D eigenvalue weighted by Crippen LogP contribution is 2.45. The van der Waals surface area contributed by atoms with E-state index in [-0.39, 0.29) is 5.54 Å². The van der Waals surface area contributed by atoms with Crippen LogP contribution in [0, 0.1) is 0 Å². The Hall–Kier alpha value is -0.540. The molecular weight excluding hydrogens is 186 g/mol. The van der Waals surface area contributed by atoms with Crippen molar-refractivity contribution in [3.05, 3.63) is 16.9 Å². The zero-order valence-corrected chi connectivity index (χ0v) is 8.67. The van der Waals surface area contributed by atoms with E-state index in [2.05, 4.69) is 18.9 Å². The van der Waals surface area contributed by atoms with E-state index in [1.807, 2.05) is 4.68 Å². The summed E-state index contributed by atoms with van der Waals surface area (Å²) in [6, 6.07) is 0.295. The summed E-state index contributed by atoms with van der Waals surface area (Å²) < 4.78 is 1.81. The quantitative estimate of drug-likeness (QED) is 0.793. The van der Waals surface area contributed by atoms with Gasteiger partial charge < -0.3 is 5.73 Å². The van der Waals surface area contributed by atoms with Crippen LogP contribution in [0.5, 0.6) is 0 Å². The Balaban J connectivity index is 2.39. The summed E-state index contributed by atoms with van der Waals surface area (Å²) in [6.07, 6.45) is 3.85. The lowest BCUT2D eigenvalue weighted by atomic mass is 10.1. The van der Waals surface area contributed by atoms with Crippen molar-refractivity contribution in [2.45, 2.75) is 38.3 Å². The fourth-order valence-corrected chi connectivity index (χ4v) is 1.92. The van der Waals surface area contributed by atoms with Crippen molar-refractivity contribution in [3.63, 3.8) is 0 Å². The average molecular weight is 200 g/mol. The monoisotopic (exact) mass is 199 g/mol. The van der Waals surface area contributed by atoms with Gasteiger partial charge in [0.15, 0.2) is 0 Å². The van der Waals surface area contributed by atoms with Gasteiger partial charge in [-0.15, -0.1) is 0 Å². The topological polar surface area (TPSA) is 43.8 Å². The highest BCUT2D eigenvalue weighted by atomic mass is 35.5. The summed E-state index contributed by atoms with van der Waals surface area (Å²) >= 11 is 6.16. The SMILES string of the molecule is CC(C)n1ncc(C2(N)CC2)c1Cl. The van der Waals surface area contributed by atoms with Crippen molar-refractivity contribution in [3.8, 4) is 0 Å². The molecule has 0 radical (unpaired) electrons. The van der Waals surface area contributed by atoms with E-state index in [1.54, 1.807) is 6.20 Å². The van der Waals surface area contributed by atoms with E-state index >= 15 is 0 Å². The molecule has 1 aromatic heterocycles. The van der Waals surface area contributed by atoms with Crippen LogP contribution in [0.15, 0.2) is 6.20 Å². The van der Waals surface area contributed by atoms with Gasteiger partial charge >= 0.3 is 0 Å². The molecule has 13 heavy (non-hydrogen) atoms. The number of nitrogens with zero attached hydrogens (tertiary/aromatic N) is 2. The minimum absolute atomic E-state index is 0.176. The maximum atomic E-state index is 6.16. The van der Waals surface area contributed by atoms with E-state index in [1.165, 1.54) is 0 Å². The highest BCUT2D eigenvalue weighted by Gasteiger charge is 2.43. The third-order valence-corrected chi connectivity index (χ3v) is 2.93. The molecular formula is C9H14ClN3. The minimum atomic E-state index is -0.176. The molecule has 0 aromatic carbocycles. The van der Waals surface area contributed by atoms with Crippen molar-refractivity contribution in [1.29, 1.82) is 0 Å². The molecule has 1 aromatic rings. The zero-order chi connectivity index (χ0) is 9.64. The van der Waals surface area contributed by atoms with Crippen molar-refractivity contribution in [1.82, 2.24) is 9.78 Å². The molecule has 1 aliphatic rings. The number of hydrogen-bond donors (Lipinski definition) is 1.